The van der Waals surface area contributed by atoms with Crippen LogP contribution in [0.15, 0.2) is 23.5 Å². The van der Waals surface area contributed by atoms with Crippen molar-refractivity contribution >= 4 is 12.2 Å². The van der Waals surface area contributed by atoms with E-state index in [1.54, 1.807) is 12.1 Å². The monoisotopic (exact) mass is 250 g/mol. The average molecular weight is 250 g/mol. The van der Waals surface area contributed by atoms with Crippen LogP contribution in [0.1, 0.15) is 43.7 Å². The van der Waals surface area contributed by atoms with Gasteiger partial charge in [0, 0.05) is 18.3 Å². The van der Waals surface area contributed by atoms with Crippen LogP contribution in [0.5, 0.6) is 0 Å². The second-order valence-corrected chi connectivity index (χ2v) is 4.99. The molecule has 0 radical (unpaired) electrons. The van der Waals surface area contributed by atoms with Gasteiger partial charge in [-0.05, 0) is 31.0 Å². The minimum Gasteiger partial charge on any atom is -0.335 e. The predicted octanol–water partition coefficient (Wildman–Crippen LogP) is 3.14. The summed E-state index contributed by atoms with van der Waals surface area (Å²) in [7, 11) is 0. The Morgan fingerprint density at radius 1 is 1.47 bits per heavy atom. The molecule has 3 nitrogen and oxygen atoms in total. The number of hydrogen-bond donors (Lipinski definition) is 1. The van der Waals surface area contributed by atoms with Crippen molar-refractivity contribution in [3.05, 3.63) is 39.5 Å². The molecule has 1 aliphatic carbocycles. The Morgan fingerprint density at radius 3 is 2.76 bits per heavy atom. The van der Waals surface area contributed by atoms with Crippen LogP contribution in [0.2, 0.25) is 0 Å². The molecule has 1 fully saturated rings. The number of nitrogens with zero attached hydrogens (tertiary/aromatic N) is 1. The molecule has 0 spiro atoms. The maximum Gasteiger partial charge on any atom is 0.254 e. The highest BCUT2D eigenvalue weighted by atomic mass is 32.1. The summed E-state index contributed by atoms with van der Waals surface area (Å²) in [6.07, 6.45) is 7.82. The Morgan fingerprint density at radius 2 is 2.18 bits per heavy atom. The van der Waals surface area contributed by atoms with E-state index in [4.69, 9.17) is 12.2 Å². The van der Waals surface area contributed by atoms with Crippen LogP contribution >= 0.6 is 12.2 Å². The Hall–Kier alpha value is -1.16. The molecule has 2 rings (SSSR count). The molecule has 17 heavy (non-hydrogen) atoms. The van der Waals surface area contributed by atoms with E-state index in [0.717, 1.165) is 18.5 Å². The number of allylic oxidation sites excluding steroid dienone is 1. The molecular formula is C13H18N2OS. The Bertz CT molecular complexity index is 478. The summed E-state index contributed by atoms with van der Waals surface area (Å²) in [5, 5.41) is 0. The third-order valence-electron chi connectivity index (χ3n) is 3.40. The molecule has 4 heteroatoms. The van der Waals surface area contributed by atoms with E-state index >= 15 is 0 Å². The first-order valence-electron chi connectivity index (χ1n) is 6.17. The summed E-state index contributed by atoms with van der Waals surface area (Å²) in [6.45, 7) is 4.10. The summed E-state index contributed by atoms with van der Waals surface area (Å²) in [4.78, 5) is 15.1. The highest BCUT2D eigenvalue weighted by Gasteiger charge is 2.17. The highest BCUT2D eigenvalue weighted by molar-refractivity contribution is 7.71. The van der Waals surface area contributed by atoms with E-state index in [1.165, 1.54) is 23.8 Å². The third-order valence-corrected chi connectivity index (χ3v) is 3.72. The highest BCUT2D eigenvalue weighted by Crippen LogP contribution is 2.30. The lowest BCUT2D eigenvalue weighted by Gasteiger charge is -2.21. The van der Waals surface area contributed by atoms with Gasteiger partial charge >= 0.3 is 0 Å². The zero-order chi connectivity index (χ0) is 12.3. The van der Waals surface area contributed by atoms with Gasteiger partial charge in [-0.1, -0.05) is 25.3 Å². The van der Waals surface area contributed by atoms with Crippen LogP contribution in [0.4, 0.5) is 0 Å². The number of nitrogens with one attached hydrogen (secondary N) is 1. The molecule has 1 aromatic rings. The van der Waals surface area contributed by atoms with E-state index in [9.17, 15) is 4.79 Å². The molecule has 0 atom stereocenters. The van der Waals surface area contributed by atoms with Crippen LogP contribution in [0.3, 0.4) is 0 Å². The summed E-state index contributed by atoms with van der Waals surface area (Å²) in [6, 6.07) is 1.70. The van der Waals surface area contributed by atoms with E-state index in [1.807, 2.05) is 0 Å². The van der Waals surface area contributed by atoms with Gasteiger partial charge in [-0.25, -0.2) is 0 Å². The SMILES string of the molecule is C=CCn1c(=O)cc(C2CCCCC2)[nH]c1=S. The molecule has 0 bridgehead atoms. The first-order valence-corrected chi connectivity index (χ1v) is 6.58. The Kier molecular flexibility index (Phi) is 3.94. The fourth-order valence-corrected chi connectivity index (χ4v) is 2.76. The van der Waals surface area contributed by atoms with Crippen molar-refractivity contribution in [3.8, 4) is 0 Å². The number of aromatic nitrogens is 2. The fourth-order valence-electron chi connectivity index (χ4n) is 2.47. The Balaban J connectivity index is 2.34. The molecule has 0 amide bonds. The van der Waals surface area contributed by atoms with Gasteiger partial charge in [-0.3, -0.25) is 9.36 Å². The predicted molar refractivity (Wildman–Crippen MR) is 71.9 cm³/mol. The van der Waals surface area contributed by atoms with Crippen molar-refractivity contribution in [1.29, 1.82) is 0 Å². The number of H-pyrrole nitrogens is 1. The maximum atomic E-state index is 11.9. The molecule has 1 aromatic heterocycles. The van der Waals surface area contributed by atoms with Gasteiger partial charge in [-0.15, -0.1) is 6.58 Å². The zero-order valence-corrected chi connectivity index (χ0v) is 10.8. The lowest BCUT2D eigenvalue weighted by Crippen LogP contribution is -2.23. The van der Waals surface area contributed by atoms with Gasteiger partial charge in [0.1, 0.15) is 0 Å². The number of hydrogen-bond acceptors (Lipinski definition) is 2. The topological polar surface area (TPSA) is 37.8 Å². The number of aromatic amines is 1. The minimum atomic E-state index is -0.0192. The molecule has 92 valence electrons. The zero-order valence-electron chi connectivity index (χ0n) is 9.95. The van der Waals surface area contributed by atoms with Gasteiger partial charge in [0.15, 0.2) is 4.77 Å². The van der Waals surface area contributed by atoms with Crippen LogP contribution in [-0.4, -0.2) is 9.55 Å². The molecule has 0 aromatic carbocycles. The van der Waals surface area contributed by atoms with Gasteiger partial charge < -0.3 is 4.98 Å². The van der Waals surface area contributed by atoms with Crippen molar-refractivity contribution in [3.63, 3.8) is 0 Å². The van der Waals surface area contributed by atoms with Crippen LogP contribution in [0.25, 0.3) is 0 Å². The van der Waals surface area contributed by atoms with Crippen molar-refractivity contribution < 1.29 is 0 Å². The standard InChI is InChI=1S/C13H18N2OS/c1-2-8-15-12(16)9-11(14-13(15)17)10-6-4-3-5-7-10/h2,9-10H,1,3-8H2,(H,14,17). The molecule has 1 heterocycles. The normalized spacial score (nSPS) is 16.9. The molecular weight excluding hydrogens is 232 g/mol. The molecule has 0 unspecified atom stereocenters. The van der Waals surface area contributed by atoms with Crippen LogP contribution in [0, 0.1) is 4.77 Å². The fraction of sp³-hybridized carbons (Fsp3) is 0.538. The Labute approximate surface area is 106 Å². The first kappa shape index (κ1) is 12.3. The molecule has 1 aliphatic rings. The second-order valence-electron chi connectivity index (χ2n) is 4.60. The number of rotatable bonds is 3. The van der Waals surface area contributed by atoms with Crippen molar-refractivity contribution in [2.24, 2.45) is 0 Å². The van der Waals surface area contributed by atoms with Crippen LogP contribution in [-0.2, 0) is 6.54 Å². The van der Waals surface area contributed by atoms with Crippen molar-refractivity contribution in [1.82, 2.24) is 9.55 Å². The molecule has 1 saturated carbocycles. The van der Waals surface area contributed by atoms with E-state index in [-0.39, 0.29) is 5.56 Å². The van der Waals surface area contributed by atoms with Gasteiger partial charge in [0.2, 0.25) is 0 Å². The lowest BCUT2D eigenvalue weighted by atomic mass is 9.87. The average Bonchev–Trinajstić information content (AvgIpc) is 2.35. The molecule has 0 aliphatic heterocycles. The smallest absolute Gasteiger partial charge is 0.254 e. The maximum absolute atomic E-state index is 11.9. The van der Waals surface area contributed by atoms with E-state index in [2.05, 4.69) is 11.6 Å². The van der Waals surface area contributed by atoms with Gasteiger partial charge in [0.25, 0.3) is 5.56 Å². The molecule has 0 saturated heterocycles. The van der Waals surface area contributed by atoms with Gasteiger partial charge in [-0.2, -0.15) is 0 Å². The third kappa shape index (κ3) is 2.75. The van der Waals surface area contributed by atoms with E-state index in [0.29, 0.717) is 17.2 Å². The second kappa shape index (κ2) is 5.45. The van der Waals surface area contributed by atoms with Gasteiger partial charge in [0.05, 0.1) is 0 Å². The molecule has 1 N–H and O–H groups in total. The van der Waals surface area contributed by atoms with Crippen LogP contribution < -0.4 is 5.56 Å². The quantitative estimate of drug-likeness (QED) is 0.661. The first-order chi connectivity index (χ1) is 8.22. The summed E-state index contributed by atoms with van der Waals surface area (Å²) >= 11 is 5.22. The summed E-state index contributed by atoms with van der Waals surface area (Å²) in [5.41, 5.74) is 0.995. The summed E-state index contributed by atoms with van der Waals surface area (Å²) < 4.78 is 2.05. The van der Waals surface area contributed by atoms with Crippen molar-refractivity contribution in [2.45, 2.75) is 44.6 Å². The largest absolute Gasteiger partial charge is 0.335 e. The minimum absolute atomic E-state index is 0.0192. The van der Waals surface area contributed by atoms with Crippen molar-refractivity contribution in [2.75, 3.05) is 0 Å². The lowest BCUT2D eigenvalue weighted by molar-refractivity contribution is 0.434. The van der Waals surface area contributed by atoms with E-state index < -0.39 is 0 Å². The summed E-state index contributed by atoms with van der Waals surface area (Å²) in [5.74, 6) is 0.483.